The lowest BCUT2D eigenvalue weighted by Crippen LogP contribution is -2.19. The van der Waals surface area contributed by atoms with Crippen LogP contribution in [-0.2, 0) is 0 Å². The van der Waals surface area contributed by atoms with Crippen molar-refractivity contribution in [2.75, 3.05) is 5.73 Å². The minimum atomic E-state index is -5.13. The second kappa shape index (κ2) is 7.02. The fourth-order valence-electron chi connectivity index (χ4n) is 2.17. The van der Waals surface area contributed by atoms with Gasteiger partial charge in [-0.2, -0.15) is 4.39 Å². The summed E-state index contributed by atoms with van der Waals surface area (Å²) >= 11 is 0. The molecule has 0 heterocycles. The molecule has 0 bridgehead atoms. The van der Waals surface area contributed by atoms with Gasteiger partial charge in [0.05, 0.1) is 0 Å². The van der Waals surface area contributed by atoms with Crippen LogP contribution < -0.4 is 10.5 Å². The van der Waals surface area contributed by atoms with Crippen LogP contribution in [-0.4, -0.2) is 6.36 Å². The van der Waals surface area contributed by atoms with E-state index in [9.17, 15) is 22.0 Å². The lowest BCUT2D eigenvalue weighted by atomic mass is 9.94. The van der Waals surface area contributed by atoms with Crippen molar-refractivity contribution in [1.82, 2.24) is 0 Å². The van der Waals surface area contributed by atoms with Crippen LogP contribution in [0.25, 0.3) is 10.8 Å². The standard InChI is InChI=1S/C14H12F5NO.C2H6/c1-6(2)9-5-8(20)3-7-4-10(15)12(16)13(11(7)9)21-14(17,18)19;1-2/h3-6H,20H2,1-2H3;1-2H3. The first-order valence-corrected chi connectivity index (χ1v) is 7.07. The molecule has 7 heteroatoms. The maximum absolute atomic E-state index is 13.8. The molecule has 2 aromatic rings. The van der Waals surface area contributed by atoms with E-state index in [1.54, 1.807) is 13.8 Å². The number of fused-ring (bicyclic) bond motifs is 1. The Labute approximate surface area is 131 Å². The largest absolute Gasteiger partial charge is 0.573 e. The molecule has 2 nitrogen and oxygen atoms in total. The smallest absolute Gasteiger partial charge is 0.402 e. The first-order chi connectivity index (χ1) is 10.6. The van der Waals surface area contributed by atoms with Gasteiger partial charge in [-0.05, 0) is 35.1 Å². The fourth-order valence-corrected chi connectivity index (χ4v) is 2.17. The van der Waals surface area contributed by atoms with Gasteiger partial charge >= 0.3 is 6.36 Å². The Balaban J connectivity index is 0.00000127. The third-order valence-electron chi connectivity index (χ3n) is 2.98. The summed E-state index contributed by atoms with van der Waals surface area (Å²) in [6, 6.07) is 3.50. The predicted molar refractivity (Wildman–Crippen MR) is 80.4 cm³/mol. The van der Waals surface area contributed by atoms with Crippen LogP contribution in [0, 0.1) is 11.6 Å². The van der Waals surface area contributed by atoms with Crippen LogP contribution in [0.1, 0.15) is 39.2 Å². The van der Waals surface area contributed by atoms with Gasteiger partial charge in [-0.3, -0.25) is 0 Å². The fraction of sp³-hybridized carbons (Fsp3) is 0.375. The van der Waals surface area contributed by atoms with Crippen molar-refractivity contribution in [3.05, 3.63) is 35.4 Å². The molecule has 2 rings (SSSR count). The Morgan fingerprint density at radius 3 is 2.09 bits per heavy atom. The molecule has 0 unspecified atom stereocenters. The second-order valence-electron chi connectivity index (χ2n) is 4.91. The van der Waals surface area contributed by atoms with E-state index < -0.39 is 23.7 Å². The van der Waals surface area contributed by atoms with Crippen molar-refractivity contribution in [3.63, 3.8) is 0 Å². The SMILES string of the molecule is CC.CC(C)c1cc(N)cc2cc(F)c(F)c(OC(F)(F)F)c12. The van der Waals surface area contributed by atoms with Crippen molar-refractivity contribution in [3.8, 4) is 5.75 Å². The molecule has 0 aromatic heterocycles. The summed E-state index contributed by atoms with van der Waals surface area (Å²) in [5, 5.41) is -0.0766. The maximum atomic E-state index is 13.8. The number of benzene rings is 2. The van der Waals surface area contributed by atoms with Crippen LogP contribution >= 0.6 is 0 Å². The summed E-state index contributed by atoms with van der Waals surface area (Å²) in [6.45, 7) is 7.40. The summed E-state index contributed by atoms with van der Waals surface area (Å²) < 4.78 is 68.3. The van der Waals surface area contributed by atoms with Gasteiger partial charge in [0.2, 0.25) is 5.82 Å². The van der Waals surface area contributed by atoms with E-state index in [0.717, 1.165) is 6.07 Å². The topological polar surface area (TPSA) is 35.2 Å². The molecule has 0 amide bonds. The number of nitrogen functional groups attached to an aromatic ring is 1. The lowest BCUT2D eigenvalue weighted by Gasteiger charge is -2.17. The Morgan fingerprint density at radius 1 is 1.04 bits per heavy atom. The summed E-state index contributed by atoms with van der Waals surface area (Å²) in [5.74, 6) is -4.52. The highest BCUT2D eigenvalue weighted by Gasteiger charge is 2.35. The van der Waals surface area contributed by atoms with E-state index in [4.69, 9.17) is 5.73 Å². The molecule has 0 fully saturated rings. The molecule has 0 aliphatic carbocycles. The molecule has 23 heavy (non-hydrogen) atoms. The van der Waals surface area contributed by atoms with Crippen molar-refractivity contribution in [1.29, 1.82) is 0 Å². The molecular weight excluding hydrogens is 317 g/mol. The van der Waals surface area contributed by atoms with Crippen LogP contribution in [0.4, 0.5) is 27.6 Å². The highest BCUT2D eigenvalue weighted by Crippen LogP contribution is 2.40. The number of anilines is 1. The number of hydrogen-bond donors (Lipinski definition) is 1. The average molecular weight is 335 g/mol. The lowest BCUT2D eigenvalue weighted by molar-refractivity contribution is -0.275. The number of rotatable bonds is 2. The third kappa shape index (κ3) is 4.24. The van der Waals surface area contributed by atoms with E-state index in [1.165, 1.54) is 12.1 Å². The first-order valence-electron chi connectivity index (χ1n) is 7.07. The average Bonchev–Trinajstić information content (AvgIpc) is 2.43. The Hall–Kier alpha value is -2.05. The zero-order valence-corrected chi connectivity index (χ0v) is 13.2. The van der Waals surface area contributed by atoms with Gasteiger partial charge in [0.1, 0.15) is 0 Å². The van der Waals surface area contributed by atoms with E-state index in [0.29, 0.717) is 5.56 Å². The molecule has 0 aliphatic heterocycles. The van der Waals surface area contributed by atoms with Gasteiger partial charge in [0.15, 0.2) is 11.6 Å². The normalized spacial score (nSPS) is 11.4. The summed E-state index contributed by atoms with van der Waals surface area (Å²) in [6.07, 6.45) is -5.13. The van der Waals surface area contributed by atoms with Crippen molar-refractivity contribution < 1.29 is 26.7 Å². The molecule has 0 saturated carbocycles. The van der Waals surface area contributed by atoms with Crippen LogP contribution in [0.3, 0.4) is 0 Å². The highest BCUT2D eigenvalue weighted by atomic mass is 19.4. The zero-order chi connectivity index (χ0) is 17.9. The van der Waals surface area contributed by atoms with Gasteiger partial charge in [-0.15, -0.1) is 13.2 Å². The molecule has 2 N–H and O–H groups in total. The van der Waals surface area contributed by atoms with Gasteiger partial charge < -0.3 is 10.5 Å². The van der Waals surface area contributed by atoms with Crippen molar-refractivity contribution >= 4 is 16.5 Å². The number of halogens is 5. The van der Waals surface area contributed by atoms with E-state index >= 15 is 0 Å². The first kappa shape index (κ1) is 19.0. The Kier molecular flexibility index (Phi) is 5.80. The van der Waals surface area contributed by atoms with Crippen LogP contribution in [0.15, 0.2) is 18.2 Å². The number of nitrogens with two attached hydrogens (primary N) is 1. The Bertz CT molecular complexity index is 695. The molecule has 0 radical (unpaired) electrons. The summed E-state index contributed by atoms with van der Waals surface area (Å²) in [5.41, 5.74) is 6.24. The van der Waals surface area contributed by atoms with Gasteiger partial charge in [-0.25, -0.2) is 4.39 Å². The number of hydrogen-bond acceptors (Lipinski definition) is 2. The van der Waals surface area contributed by atoms with E-state index in [1.807, 2.05) is 13.8 Å². The third-order valence-corrected chi connectivity index (χ3v) is 2.98. The molecule has 2 aromatic carbocycles. The summed E-state index contributed by atoms with van der Waals surface area (Å²) in [7, 11) is 0. The molecular formula is C16H18F5NO. The summed E-state index contributed by atoms with van der Waals surface area (Å²) in [4.78, 5) is 0. The molecule has 128 valence electrons. The zero-order valence-electron chi connectivity index (χ0n) is 13.2. The molecule has 0 spiro atoms. The number of ether oxygens (including phenoxy) is 1. The highest BCUT2D eigenvalue weighted by molar-refractivity contribution is 5.94. The minimum Gasteiger partial charge on any atom is -0.402 e. The molecule has 0 atom stereocenters. The molecule has 0 saturated heterocycles. The molecule has 0 aliphatic rings. The van der Waals surface area contributed by atoms with Gasteiger partial charge in [-0.1, -0.05) is 27.7 Å². The maximum Gasteiger partial charge on any atom is 0.573 e. The Morgan fingerprint density at radius 2 is 1.61 bits per heavy atom. The van der Waals surface area contributed by atoms with Crippen molar-refractivity contribution in [2.24, 2.45) is 0 Å². The quantitative estimate of drug-likeness (QED) is 0.560. The van der Waals surface area contributed by atoms with Crippen LogP contribution in [0.5, 0.6) is 5.75 Å². The van der Waals surface area contributed by atoms with Crippen molar-refractivity contribution in [2.45, 2.75) is 40.0 Å². The monoisotopic (exact) mass is 335 g/mol. The van der Waals surface area contributed by atoms with E-state index in [2.05, 4.69) is 4.74 Å². The van der Waals surface area contributed by atoms with Gasteiger partial charge in [0.25, 0.3) is 0 Å². The predicted octanol–water partition coefficient (Wildman–Crippen LogP) is 5.75. The number of alkyl halides is 3. The second-order valence-corrected chi connectivity index (χ2v) is 4.91. The van der Waals surface area contributed by atoms with Crippen LogP contribution in [0.2, 0.25) is 0 Å². The minimum absolute atomic E-state index is 0.0526. The van der Waals surface area contributed by atoms with Gasteiger partial charge in [0, 0.05) is 11.1 Å². The van der Waals surface area contributed by atoms with E-state index in [-0.39, 0.29) is 22.4 Å².